The standard InChI is InChI=1S/C4H10NO2/c1-4(5)2-7-3-6/h4H,2-3,5H2,1H3. The third-order valence-corrected chi connectivity index (χ3v) is 0.464. The molecule has 1 unspecified atom stereocenters. The summed E-state index contributed by atoms with van der Waals surface area (Å²) in [4.78, 5) is 0. The second kappa shape index (κ2) is 4.05. The van der Waals surface area contributed by atoms with Crippen LogP contribution in [-0.2, 0) is 9.84 Å². The van der Waals surface area contributed by atoms with Gasteiger partial charge in [0, 0.05) is 6.04 Å². The summed E-state index contributed by atoms with van der Waals surface area (Å²) in [5, 5.41) is 9.56. The van der Waals surface area contributed by atoms with Gasteiger partial charge in [-0.2, -0.15) is 0 Å². The first-order chi connectivity index (χ1) is 3.27. The molecule has 0 aliphatic carbocycles. The van der Waals surface area contributed by atoms with Crippen LogP contribution in [0.4, 0.5) is 0 Å². The fraction of sp³-hybridized carbons (Fsp3) is 1.00. The molecule has 2 N–H and O–H groups in total. The minimum Gasteiger partial charge on any atom is -0.351 e. The maximum Gasteiger partial charge on any atom is 0.180 e. The quantitative estimate of drug-likeness (QED) is 0.501. The Kier molecular flexibility index (Phi) is 3.98. The van der Waals surface area contributed by atoms with Gasteiger partial charge in [0.05, 0.1) is 6.61 Å². The molecule has 1 radical (unpaired) electrons. The summed E-state index contributed by atoms with van der Waals surface area (Å²) in [6.45, 7) is 1.67. The van der Waals surface area contributed by atoms with Crippen LogP contribution in [0.15, 0.2) is 0 Å². The summed E-state index contributed by atoms with van der Waals surface area (Å²) in [5.74, 6) is 0. The van der Waals surface area contributed by atoms with Gasteiger partial charge in [-0.25, -0.2) is 5.11 Å². The van der Waals surface area contributed by atoms with Crippen molar-refractivity contribution in [3.63, 3.8) is 0 Å². The average Bonchev–Trinajstić information content (AvgIpc) is 1.61. The lowest BCUT2D eigenvalue weighted by molar-refractivity contribution is -0.0467. The van der Waals surface area contributed by atoms with Gasteiger partial charge in [-0.05, 0) is 6.92 Å². The first-order valence-corrected chi connectivity index (χ1v) is 2.18. The Bertz CT molecular complexity index is 38.7. The highest BCUT2D eigenvalue weighted by Gasteiger charge is 1.89. The van der Waals surface area contributed by atoms with Crippen LogP contribution in [-0.4, -0.2) is 19.4 Å². The largest absolute Gasteiger partial charge is 0.351 e. The van der Waals surface area contributed by atoms with E-state index in [1.807, 2.05) is 0 Å². The first kappa shape index (κ1) is 6.88. The molecule has 0 fully saturated rings. The lowest BCUT2D eigenvalue weighted by Crippen LogP contribution is -2.21. The van der Waals surface area contributed by atoms with Crippen molar-refractivity contribution < 1.29 is 9.84 Å². The molecular weight excluding hydrogens is 94.0 g/mol. The lowest BCUT2D eigenvalue weighted by atomic mass is 10.4. The summed E-state index contributed by atoms with van der Waals surface area (Å²) in [7, 11) is 0. The minimum absolute atomic E-state index is 0.0195. The molecule has 3 nitrogen and oxygen atoms in total. The van der Waals surface area contributed by atoms with Crippen LogP contribution >= 0.6 is 0 Å². The van der Waals surface area contributed by atoms with E-state index in [9.17, 15) is 5.11 Å². The average molecular weight is 104 g/mol. The van der Waals surface area contributed by atoms with Crippen molar-refractivity contribution in [1.82, 2.24) is 0 Å². The van der Waals surface area contributed by atoms with Gasteiger partial charge in [0.2, 0.25) is 0 Å². The molecule has 0 aromatic rings. The van der Waals surface area contributed by atoms with E-state index in [-0.39, 0.29) is 6.04 Å². The number of hydrogen-bond donors (Lipinski definition) is 1. The molecule has 0 aromatic carbocycles. The number of ether oxygens (including phenoxy) is 1. The van der Waals surface area contributed by atoms with Gasteiger partial charge >= 0.3 is 0 Å². The Balaban J connectivity index is 2.68. The van der Waals surface area contributed by atoms with Crippen LogP contribution in [0.3, 0.4) is 0 Å². The summed E-state index contributed by atoms with van der Waals surface area (Å²) in [6, 6.07) is -0.0195. The highest BCUT2D eigenvalue weighted by molar-refractivity contribution is 4.46. The molecule has 0 bridgehead atoms. The van der Waals surface area contributed by atoms with E-state index in [0.29, 0.717) is 6.61 Å². The Labute approximate surface area is 43.1 Å². The first-order valence-electron chi connectivity index (χ1n) is 2.18. The third-order valence-electron chi connectivity index (χ3n) is 0.464. The van der Waals surface area contributed by atoms with Crippen molar-refractivity contribution in [2.45, 2.75) is 13.0 Å². The Morgan fingerprint density at radius 1 is 1.86 bits per heavy atom. The van der Waals surface area contributed by atoms with Gasteiger partial charge in [-0.15, -0.1) is 0 Å². The predicted octanol–water partition coefficient (Wildman–Crippen LogP) is -0.262. The molecule has 0 amide bonds. The van der Waals surface area contributed by atoms with Gasteiger partial charge in [-0.3, -0.25) is 0 Å². The van der Waals surface area contributed by atoms with Gasteiger partial charge in [0.15, 0.2) is 6.79 Å². The Morgan fingerprint density at radius 2 is 2.43 bits per heavy atom. The zero-order valence-corrected chi connectivity index (χ0v) is 4.39. The van der Waals surface area contributed by atoms with Gasteiger partial charge in [0.25, 0.3) is 0 Å². The van der Waals surface area contributed by atoms with E-state index >= 15 is 0 Å². The van der Waals surface area contributed by atoms with Crippen LogP contribution < -0.4 is 5.73 Å². The number of rotatable bonds is 3. The van der Waals surface area contributed by atoms with Crippen molar-refractivity contribution in [2.75, 3.05) is 13.4 Å². The Hall–Kier alpha value is -0.120. The van der Waals surface area contributed by atoms with Crippen molar-refractivity contribution in [3.8, 4) is 0 Å². The van der Waals surface area contributed by atoms with Crippen molar-refractivity contribution in [1.29, 1.82) is 0 Å². The minimum atomic E-state index is -0.485. The lowest BCUT2D eigenvalue weighted by Gasteiger charge is -2.00. The van der Waals surface area contributed by atoms with E-state index < -0.39 is 6.79 Å². The maximum atomic E-state index is 9.56. The maximum absolute atomic E-state index is 9.56. The molecule has 1 atom stereocenters. The third kappa shape index (κ3) is 5.88. The predicted molar refractivity (Wildman–Crippen MR) is 25.2 cm³/mol. The second-order valence-electron chi connectivity index (χ2n) is 1.47. The number of nitrogens with two attached hydrogens (primary N) is 1. The van der Waals surface area contributed by atoms with Crippen molar-refractivity contribution in [3.05, 3.63) is 0 Å². The molecule has 0 aromatic heterocycles. The zero-order valence-electron chi connectivity index (χ0n) is 4.39. The zero-order chi connectivity index (χ0) is 5.70. The topological polar surface area (TPSA) is 55.1 Å². The Morgan fingerprint density at radius 3 is 2.57 bits per heavy atom. The molecule has 0 rings (SSSR count). The molecule has 0 saturated carbocycles. The summed E-state index contributed by atoms with van der Waals surface area (Å²) in [5.41, 5.74) is 5.21. The van der Waals surface area contributed by atoms with E-state index in [1.165, 1.54) is 0 Å². The van der Waals surface area contributed by atoms with E-state index in [0.717, 1.165) is 0 Å². The van der Waals surface area contributed by atoms with Crippen LogP contribution in [0.25, 0.3) is 0 Å². The monoisotopic (exact) mass is 104 g/mol. The molecule has 7 heavy (non-hydrogen) atoms. The second-order valence-corrected chi connectivity index (χ2v) is 1.47. The smallest absolute Gasteiger partial charge is 0.180 e. The van der Waals surface area contributed by atoms with Crippen LogP contribution in [0.5, 0.6) is 0 Å². The highest BCUT2D eigenvalue weighted by atomic mass is 16.6. The number of hydrogen-bond acceptors (Lipinski definition) is 2. The van der Waals surface area contributed by atoms with Crippen LogP contribution in [0, 0.1) is 0 Å². The molecule has 0 saturated heterocycles. The normalized spacial score (nSPS) is 14.1. The van der Waals surface area contributed by atoms with Gasteiger partial charge < -0.3 is 10.5 Å². The fourth-order valence-electron chi connectivity index (χ4n) is 0.234. The summed E-state index contributed by atoms with van der Waals surface area (Å²) in [6.07, 6.45) is 0. The summed E-state index contributed by atoms with van der Waals surface area (Å²) < 4.78 is 4.41. The molecular formula is C4H10NO2. The van der Waals surface area contributed by atoms with Gasteiger partial charge in [0.1, 0.15) is 0 Å². The molecule has 0 heterocycles. The molecule has 0 spiro atoms. The van der Waals surface area contributed by atoms with E-state index in [1.54, 1.807) is 6.92 Å². The molecule has 3 heteroatoms. The van der Waals surface area contributed by atoms with E-state index in [4.69, 9.17) is 5.73 Å². The van der Waals surface area contributed by atoms with Crippen LogP contribution in [0.2, 0.25) is 0 Å². The van der Waals surface area contributed by atoms with Gasteiger partial charge in [-0.1, -0.05) is 0 Å². The molecule has 43 valence electrons. The van der Waals surface area contributed by atoms with Crippen molar-refractivity contribution in [2.24, 2.45) is 5.73 Å². The van der Waals surface area contributed by atoms with E-state index in [2.05, 4.69) is 4.74 Å². The molecule has 0 aliphatic heterocycles. The molecule has 0 aliphatic rings. The highest BCUT2D eigenvalue weighted by Crippen LogP contribution is 1.75. The SMILES string of the molecule is CC(N)COC[O]. The van der Waals surface area contributed by atoms with Crippen molar-refractivity contribution >= 4 is 0 Å². The fourth-order valence-corrected chi connectivity index (χ4v) is 0.234. The summed E-state index contributed by atoms with van der Waals surface area (Å²) >= 11 is 0. The van der Waals surface area contributed by atoms with Crippen LogP contribution in [0.1, 0.15) is 6.92 Å².